The predicted molar refractivity (Wildman–Crippen MR) is 130 cm³/mol. The van der Waals surface area contributed by atoms with Gasteiger partial charge in [-0.2, -0.15) is 5.10 Å². The molecule has 1 aromatic heterocycles. The molecule has 1 heterocycles. The molecule has 0 fully saturated rings. The number of aliphatic hydroxyl groups is 2. The summed E-state index contributed by atoms with van der Waals surface area (Å²) >= 11 is 6.41. The van der Waals surface area contributed by atoms with Crippen molar-refractivity contribution in [2.24, 2.45) is 0 Å². The average Bonchev–Trinajstić information content (AvgIpc) is 3.18. The molecule has 2 N–H and O–H groups in total. The van der Waals surface area contributed by atoms with Crippen molar-refractivity contribution < 1.29 is 54.1 Å². The molecular weight excluding hydrogens is 494 g/mol. The largest absolute Gasteiger partial charge is 1.00 e. The molecule has 3 atom stereocenters. The fourth-order valence-electron chi connectivity index (χ4n) is 4.64. The maximum absolute atomic E-state index is 13.6. The third kappa shape index (κ3) is 7.06. The van der Waals surface area contributed by atoms with Gasteiger partial charge in [0.25, 0.3) is 0 Å². The van der Waals surface area contributed by atoms with Crippen LogP contribution in [0, 0.1) is 5.82 Å². The van der Waals surface area contributed by atoms with Crippen molar-refractivity contribution in [3.63, 3.8) is 0 Å². The van der Waals surface area contributed by atoms with Gasteiger partial charge in [0.15, 0.2) is 0 Å². The zero-order valence-electron chi connectivity index (χ0n) is 20.1. The maximum Gasteiger partial charge on any atom is 1.00 e. The molecule has 0 amide bonds. The van der Waals surface area contributed by atoms with Crippen molar-refractivity contribution in [2.75, 3.05) is 0 Å². The molecule has 0 bridgehead atoms. The maximum atomic E-state index is 13.6. The summed E-state index contributed by atoms with van der Waals surface area (Å²) in [4.78, 5) is 10.7. The number of aliphatic hydroxyl groups excluding tert-OH is 2. The van der Waals surface area contributed by atoms with Crippen LogP contribution in [0.25, 0.3) is 11.8 Å². The van der Waals surface area contributed by atoms with Crippen LogP contribution in [0.2, 0.25) is 5.02 Å². The molecule has 0 saturated carbocycles. The summed E-state index contributed by atoms with van der Waals surface area (Å²) < 4.78 is 15.3. The molecule has 1 unspecified atom stereocenters. The number of aliphatic carboxylic acids is 1. The Morgan fingerprint density at radius 2 is 1.94 bits per heavy atom. The van der Waals surface area contributed by atoms with Crippen molar-refractivity contribution in [1.82, 2.24) is 9.78 Å². The van der Waals surface area contributed by atoms with Crippen LogP contribution >= 0.6 is 11.6 Å². The minimum absolute atomic E-state index is 0. The summed E-state index contributed by atoms with van der Waals surface area (Å²) in [5, 5.41) is 36.5. The Hall–Kier alpha value is -2.00. The van der Waals surface area contributed by atoms with E-state index in [2.05, 4.69) is 0 Å². The van der Waals surface area contributed by atoms with Gasteiger partial charge in [-0.3, -0.25) is 0 Å². The summed E-state index contributed by atoms with van der Waals surface area (Å²) in [5.74, 6) is -1.57. The zero-order valence-corrected chi connectivity index (χ0v) is 22.9. The number of hydrogen-bond donors (Lipinski definition) is 2. The number of benzene rings is 2. The van der Waals surface area contributed by atoms with Crippen molar-refractivity contribution in [2.45, 2.75) is 56.7 Å². The van der Waals surface area contributed by atoms with E-state index in [0.29, 0.717) is 5.69 Å². The molecule has 3 aromatic rings. The third-order valence-electron chi connectivity index (χ3n) is 6.31. The Morgan fingerprint density at radius 3 is 2.64 bits per heavy atom. The summed E-state index contributed by atoms with van der Waals surface area (Å²) in [5.41, 5.74) is 4.51. The fourth-order valence-corrected chi connectivity index (χ4v) is 4.85. The first-order valence-corrected chi connectivity index (χ1v) is 12.0. The first-order chi connectivity index (χ1) is 16.8. The van der Waals surface area contributed by atoms with Crippen LogP contribution in [0.5, 0.6) is 0 Å². The van der Waals surface area contributed by atoms with Crippen LogP contribution < -0.4 is 34.7 Å². The van der Waals surface area contributed by atoms with E-state index in [4.69, 9.17) is 16.7 Å². The minimum Gasteiger partial charge on any atom is -0.550 e. The van der Waals surface area contributed by atoms with Gasteiger partial charge in [0.05, 0.1) is 29.3 Å². The zero-order chi connectivity index (χ0) is 24.9. The molecule has 6 nitrogen and oxygen atoms in total. The number of nitrogens with zero attached hydrogens (tertiary/aromatic N) is 2. The van der Waals surface area contributed by atoms with Crippen molar-refractivity contribution in [3.05, 3.63) is 88.0 Å². The van der Waals surface area contributed by atoms with E-state index in [1.807, 2.05) is 24.3 Å². The van der Waals surface area contributed by atoms with Crippen molar-refractivity contribution in [3.8, 4) is 5.69 Å². The van der Waals surface area contributed by atoms with E-state index < -0.39 is 24.6 Å². The summed E-state index contributed by atoms with van der Waals surface area (Å²) in [6.07, 6.45) is 3.79. The topological polar surface area (TPSA) is 98.4 Å². The smallest absolute Gasteiger partial charge is 0.550 e. The third-order valence-corrected chi connectivity index (χ3v) is 6.68. The number of fused-ring (bicyclic) bond motifs is 1. The molecule has 2 aromatic carbocycles. The molecule has 9 heteroatoms. The molecule has 0 radical (unpaired) electrons. The van der Waals surface area contributed by atoms with E-state index in [1.54, 1.807) is 22.9 Å². The predicted octanol–water partition coefficient (Wildman–Crippen LogP) is 0.596. The number of aromatic nitrogens is 2. The van der Waals surface area contributed by atoms with Gasteiger partial charge in [-0.25, -0.2) is 9.07 Å². The van der Waals surface area contributed by atoms with Crippen LogP contribution in [0.4, 0.5) is 4.39 Å². The SMILES string of the molecule is O=C([O-])C[C@H](O)C[C@H](O)/C=C/c1c2c(nn1-c1ccc(F)cc1)C(Cc1ccccc1Cl)CCC2.[Na+]. The van der Waals surface area contributed by atoms with Gasteiger partial charge in [-0.15, -0.1) is 0 Å². The van der Waals surface area contributed by atoms with Gasteiger partial charge >= 0.3 is 29.6 Å². The molecule has 36 heavy (non-hydrogen) atoms. The van der Waals surface area contributed by atoms with Crippen LogP contribution in [-0.4, -0.2) is 38.2 Å². The van der Waals surface area contributed by atoms with Crippen LogP contribution in [0.3, 0.4) is 0 Å². The van der Waals surface area contributed by atoms with Gasteiger partial charge < -0.3 is 20.1 Å². The number of carbonyl (C=O) groups is 1. The molecular formula is C27H27ClFN2NaO4. The number of carbonyl (C=O) groups excluding carboxylic acids is 1. The second kappa shape index (κ2) is 13.0. The van der Waals surface area contributed by atoms with Gasteiger partial charge in [-0.1, -0.05) is 35.9 Å². The van der Waals surface area contributed by atoms with Gasteiger partial charge in [0, 0.05) is 35.3 Å². The Kier molecular flexibility index (Phi) is 10.3. The van der Waals surface area contributed by atoms with E-state index in [9.17, 15) is 24.5 Å². The van der Waals surface area contributed by atoms with Gasteiger partial charge in [0.2, 0.25) is 0 Å². The normalized spacial score (nSPS) is 16.8. The van der Waals surface area contributed by atoms with Gasteiger partial charge in [0.1, 0.15) is 5.82 Å². The van der Waals surface area contributed by atoms with Crippen molar-refractivity contribution in [1.29, 1.82) is 0 Å². The second-order valence-electron chi connectivity index (χ2n) is 8.91. The number of carboxylic acid groups (broad SMARTS) is 1. The minimum atomic E-state index is -1.37. The van der Waals surface area contributed by atoms with Crippen LogP contribution in [-0.2, 0) is 17.6 Å². The van der Waals surface area contributed by atoms with E-state index >= 15 is 0 Å². The molecule has 1 aliphatic carbocycles. The Morgan fingerprint density at radius 1 is 1.22 bits per heavy atom. The van der Waals surface area contributed by atoms with E-state index in [-0.39, 0.29) is 47.7 Å². The first kappa shape index (κ1) is 28.6. The molecule has 0 saturated heterocycles. The molecule has 4 rings (SSSR count). The Balaban J connectivity index is 0.00000361. The van der Waals surface area contributed by atoms with E-state index in [1.165, 1.54) is 18.2 Å². The van der Waals surface area contributed by atoms with Crippen LogP contribution in [0.1, 0.15) is 54.1 Å². The second-order valence-corrected chi connectivity index (χ2v) is 9.32. The number of halogens is 2. The number of rotatable bonds is 9. The Bertz CT molecular complexity index is 1210. The number of carboxylic acids is 1. The van der Waals surface area contributed by atoms with E-state index in [0.717, 1.165) is 53.2 Å². The summed E-state index contributed by atoms with van der Waals surface area (Å²) in [6.45, 7) is 0. The quantitative estimate of drug-likeness (QED) is 0.403. The number of hydrogen-bond acceptors (Lipinski definition) is 5. The molecule has 0 spiro atoms. The molecule has 184 valence electrons. The molecule has 1 aliphatic rings. The standard InChI is InChI=1S/C27H28ClFN2O4.Na/c28-24-7-2-1-4-17(24)14-18-5-3-6-23-25(13-12-21(32)15-22(33)16-26(34)35)31(30-27(18)23)20-10-8-19(29)9-11-20;/h1-2,4,7-13,18,21-22,32-33H,3,5-6,14-16H2,(H,34,35);/q;+1/p-1/b13-12+;/t18?,21-,22-;/m1./s1. The van der Waals surface area contributed by atoms with Crippen molar-refractivity contribution >= 4 is 23.6 Å². The first-order valence-electron chi connectivity index (χ1n) is 11.7. The molecule has 0 aliphatic heterocycles. The summed E-state index contributed by atoms with van der Waals surface area (Å²) in [7, 11) is 0. The van der Waals surface area contributed by atoms with Crippen LogP contribution in [0.15, 0.2) is 54.6 Å². The average molecular weight is 521 g/mol. The van der Waals surface area contributed by atoms with Gasteiger partial charge in [-0.05, 0) is 67.7 Å². The monoisotopic (exact) mass is 520 g/mol. The Labute approximate surface area is 236 Å². The fraction of sp³-hybridized carbons (Fsp3) is 0.333. The summed E-state index contributed by atoms with van der Waals surface area (Å²) in [6, 6.07) is 13.8.